The number of carbonyl (C=O) groups is 1. The van der Waals surface area contributed by atoms with Gasteiger partial charge in [-0.25, -0.2) is 0 Å². The summed E-state index contributed by atoms with van der Waals surface area (Å²) >= 11 is 0. The molecule has 0 fully saturated rings. The number of non-ortho nitro benzene ring substituents is 1. The standard InChI is InChI=1S/C11H11N7O5/c12-10(9-11(13)17-23-15-9)16-22-5-8(19)14-6-2-1-3-7(4-6)18(20)21/h1-4H,5H2,(H2,12,16)(H2,13,17)(H,14,19)/p+1. The molecule has 12 nitrogen and oxygen atoms in total. The molecule has 0 unspecified atom stereocenters. The van der Waals surface area contributed by atoms with Crippen molar-refractivity contribution < 1.29 is 24.3 Å². The topological polar surface area (TPSA) is 186 Å². The lowest BCUT2D eigenvalue weighted by Crippen LogP contribution is -2.21. The second-order valence-corrected chi connectivity index (χ2v) is 4.15. The molecule has 1 aromatic carbocycles. The quantitative estimate of drug-likeness (QED) is 0.268. The van der Waals surface area contributed by atoms with Gasteiger partial charge in [-0.05, 0) is 6.07 Å². The predicted octanol–water partition coefficient (Wildman–Crippen LogP) is -0.745. The number of benzene rings is 1. The van der Waals surface area contributed by atoms with Crippen LogP contribution >= 0.6 is 0 Å². The Morgan fingerprint density at radius 1 is 1.57 bits per heavy atom. The fourth-order valence-corrected chi connectivity index (χ4v) is 1.50. The number of aromatic amines is 1. The molecule has 2 rings (SSSR count). The van der Waals surface area contributed by atoms with E-state index in [1.165, 1.54) is 24.3 Å². The minimum absolute atomic E-state index is 0.0455. The Kier molecular flexibility index (Phi) is 4.66. The molecular formula is C11H12N7O5+. The molecule has 0 spiro atoms. The van der Waals surface area contributed by atoms with E-state index >= 15 is 0 Å². The summed E-state index contributed by atoms with van der Waals surface area (Å²) in [6.45, 7) is -0.467. The van der Waals surface area contributed by atoms with Gasteiger partial charge in [0.25, 0.3) is 11.6 Å². The zero-order valence-corrected chi connectivity index (χ0v) is 11.6. The summed E-state index contributed by atoms with van der Waals surface area (Å²) in [4.78, 5) is 26.5. The molecule has 2 aromatic rings. The number of aromatic nitrogens is 2. The maximum Gasteiger partial charge on any atom is 0.303 e. The molecule has 1 aromatic heterocycles. The van der Waals surface area contributed by atoms with E-state index in [1.807, 2.05) is 0 Å². The second-order valence-electron chi connectivity index (χ2n) is 4.15. The number of nitrogen functional groups attached to an aromatic ring is 1. The van der Waals surface area contributed by atoms with Gasteiger partial charge in [-0.1, -0.05) is 16.4 Å². The molecule has 23 heavy (non-hydrogen) atoms. The van der Waals surface area contributed by atoms with E-state index in [1.54, 1.807) is 0 Å². The average Bonchev–Trinajstić information content (AvgIpc) is 2.93. The van der Waals surface area contributed by atoms with E-state index in [4.69, 9.17) is 16.3 Å². The van der Waals surface area contributed by atoms with Crippen LogP contribution in [0.4, 0.5) is 17.2 Å². The highest BCUT2D eigenvalue weighted by Gasteiger charge is 2.18. The number of hydrogen-bond acceptors (Lipinski definition) is 8. The molecule has 0 saturated carbocycles. The van der Waals surface area contributed by atoms with E-state index < -0.39 is 17.4 Å². The third-order valence-electron chi connectivity index (χ3n) is 2.49. The van der Waals surface area contributed by atoms with Gasteiger partial charge in [-0.3, -0.25) is 14.9 Å². The minimum Gasteiger partial charge on any atom is -0.384 e. The van der Waals surface area contributed by atoms with Gasteiger partial charge in [-0.2, -0.15) is 0 Å². The predicted molar refractivity (Wildman–Crippen MR) is 75.9 cm³/mol. The fourth-order valence-electron chi connectivity index (χ4n) is 1.50. The van der Waals surface area contributed by atoms with Gasteiger partial charge in [0.1, 0.15) is 0 Å². The van der Waals surface area contributed by atoms with Crippen LogP contribution in [0.2, 0.25) is 0 Å². The molecule has 0 radical (unpaired) electrons. The number of nitrogens with zero attached hydrogens (tertiary/aromatic N) is 3. The number of carbonyl (C=O) groups excluding carboxylic acids is 1. The summed E-state index contributed by atoms with van der Waals surface area (Å²) in [6.07, 6.45) is 0. The lowest BCUT2D eigenvalue weighted by molar-refractivity contribution is -0.610. The van der Waals surface area contributed by atoms with Crippen LogP contribution in [0.5, 0.6) is 0 Å². The summed E-state index contributed by atoms with van der Waals surface area (Å²) in [7, 11) is 0. The largest absolute Gasteiger partial charge is 0.384 e. The Morgan fingerprint density at radius 2 is 2.35 bits per heavy atom. The number of amidine groups is 1. The maximum absolute atomic E-state index is 11.6. The highest BCUT2D eigenvalue weighted by molar-refractivity contribution is 5.98. The molecule has 0 aliphatic heterocycles. The molecule has 1 amide bonds. The smallest absolute Gasteiger partial charge is 0.303 e. The van der Waals surface area contributed by atoms with Crippen molar-refractivity contribution in [2.24, 2.45) is 10.9 Å². The number of rotatable bonds is 6. The van der Waals surface area contributed by atoms with Crippen molar-refractivity contribution in [3.63, 3.8) is 0 Å². The summed E-state index contributed by atoms with van der Waals surface area (Å²) in [5.74, 6) is -0.715. The Bertz CT molecular complexity index is 757. The van der Waals surface area contributed by atoms with Crippen molar-refractivity contribution in [1.29, 1.82) is 0 Å². The van der Waals surface area contributed by atoms with Gasteiger partial charge in [0.2, 0.25) is 5.84 Å². The van der Waals surface area contributed by atoms with Crippen molar-refractivity contribution in [2.45, 2.75) is 0 Å². The van der Waals surface area contributed by atoms with Gasteiger partial charge in [0.05, 0.1) is 10.1 Å². The normalized spacial score (nSPS) is 11.0. The molecule has 12 heteroatoms. The zero-order valence-electron chi connectivity index (χ0n) is 11.6. The number of anilines is 2. The van der Waals surface area contributed by atoms with Gasteiger partial charge in [0.15, 0.2) is 6.61 Å². The van der Waals surface area contributed by atoms with E-state index in [0.29, 0.717) is 0 Å². The first-order chi connectivity index (χ1) is 11.0. The number of nitrogens with one attached hydrogen (secondary N) is 2. The van der Waals surface area contributed by atoms with Crippen LogP contribution in [0, 0.1) is 10.1 Å². The van der Waals surface area contributed by atoms with Crippen molar-refractivity contribution in [2.75, 3.05) is 17.7 Å². The van der Waals surface area contributed by atoms with Gasteiger partial charge < -0.3 is 21.6 Å². The number of hydrogen-bond donors (Lipinski definition) is 3. The third kappa shape index (κ3) is 4.13. The van der Waals surface area contributed by atoms with E-state index in [9.17, 15) is 14.9 Å². The molecule has 0 aliphatic carbocycles. The second kappa shape index (κ2) is 6.84. The van der Waals surface area contributed by atoms with Crippen molar-refractivity contribution in [3.8, 4) is 0 Å². The molecule has 120 valence electrons. The summed E-state index contributed by atoms with van der Waals surface area (Å²) in [6, 6.07) is 5.45. The molecular weight excluding hydrogens is 310 g/mol. The molecule has 0 atom stereocenters. The highest BCUT2D eigenvalue weighted by Crippen LogP contribution is 2.16. The number of oxime groups is 1. The Morgan fingerprint density at radius 3 is 3.00 bits per heavy atom. The summed E-state index contributed by atoms with van der Waals surface area (Å²) < 4.78 is 4.45. The summed E-state index contributed by atoms with van der Waals surface area (Å²) in [5, 5.41) is 22.2. The first kappa shape index (κ1) is 15.7. The first-order valence-corrected chi connectivity index (χ1v) is 6.10. The van der Waals surface area contributed by atoms with Crippen LogP contribution in [-0.2, 0) is 9.63 Å². The Balaban J connectivity index is 1.89. The monoisotopic (exact) mass is 322 g/mol. The van der Waals surface area contributed by atoms with Crippen LogP contribution in [0.15, 0.2) is 34.1 Å². The first-order valence-electron chi connectivity index (χ1n) is 6.10. The van der Waals surface area contributed by atoms with Gasteiger partial charge in [0, 0.05) is 17.8 Å². The van der Waals surface area contributed by atoms with Gasteiger partial charge >= 0.3 is 11.5 Å². The average molecular weight is 322 g/mol. The number of nitro groups is 1. The van der Waals surface area contributed by atoms with Crippen LogP contribution in [0.3, 0.4) is 0 Å². The SMILES string of the molecule is NC(=NOCC(=O)Nc1cccc([N+](=O)[O-])c1)c1no[nH+]c1N. The fraction of sp³-hybridized carbons (Fsp3) is 0.0909. The van der Waals surface area contributed by atoms with Crippen LogP contribution in [0.1, 0.15) is 5.69 Å². The van der Waals surface area contributed by atoms with E-state index in [0.717, 1.165) is 0 Å². The van der Waals surface area contributed by atoms with Crippen LogP contribution in [0.25, 0.3) is 0 Å². The van der Waals surface area contributed by atoms with E-state index in [2.05, 4.69) is 25.4 Å². The molecule has 0 saturated heterocycles. The molecule has 6 N–H and O–H groups in total. The minimum atomic E-state index is -0.582. The van der Waals surface area contributed by atoms with Crippen LogP contribution < -0.4 is 21.9 Å². The third-order valence-corrected chi connectivity index (χ3v) is 2.49. The van der Waals surface area contributed by atoms with Crippen molar-refractivity contribution in [1.82, 2.24) is 5.16 Å². The number of amides is 1. The summed E-state index contributed by atoms with van der Waals surface area (Å²) in [5.41, 5.74) is 11.1. The maximum atomic E-state index is 11.6. The Labute approximate surface area is 128 Å². The lowest BCUT2D eigenvalue weighted by atomic mass is 10.3. The van der Waals surface area contributed by atoms with Crippen molar-refractivity contribution >= 4 is 28.9 Å². The Hall–Kier alpha value is -3.70. The molecule has 0 aliphatic rings. The zero-order chi connectivity index (χ0) is 16.8. The number of nitro benzene ring substituents is 1. The van der Waals surface area contributed by atoms with E-state index in [-0.39, 0.29) is 28.7 Å². The molecule has 0 bridgehead atoms. The lowest BCUT2D eigenvalue weighted by Gasteiger charge is -2.04. The number of H-pyrrole nitrogens is 1. The molecule has 1 heterocycles. The van der Waals surface area contributed by atoms with Crippen molar-refractivity contribution in [3.05, 3.63) is 40.1 Å². The van der Waals surface area contributed by atoms with Crippen LogP contribution in [-0.4, -0.2) is 28.4 Å². The highest BCUT2D eigenvalue weighted by atomic mass is 16.6. The van der Waals surface area contributed by atoms with Gasteiger partial charge in [-0.15, -0.1) is 4.63 Å². The number of nitrogens with two attached hydrogens (primary N) is 2.